The van der Waals surface area contributed by atoms with E-state index in [0.717, 1.165) is 0 Å². The summed E-state index contributed by atoms with van der Waals surface area (Å²) in [6, 6.07) is 0. The largest absolute Gasteiger partial charge is 0.0743 e. The smallest absolute Gasteiger partial charge is 0.0306 e. The van der Waals surface area contributed by atoms with E-state index >= 15 is 0 Å². The van der Waals surface area contributed by atoms with Gasteiger partial charge in [-0.1, -0.05) is 78.6 Å². The Morgan fingerprint density at radius 3 is 0.722 bits per heavy atom. The summed E-state index contributed by atoms with van der Waals surface area (Å²) in [7, 11) is -4.64. The van der Waals surface area contributed by atoms with Crippen LogP contribution in [0.2, 0.25) is 78.6 Å². The summed E-state index contributed by atoms with van der Waals surface area (Å²) in [5.74, 6) is 0. The normalized spacial score (nSPS) is 15.7. The number of rotatable bonds is 5. The fraction of sp³-hybridized carbons (Fsp3) is 1.00. The van der Waals surface area contributed by atoms with Gasteiger partial charge in [0.05, 0.1) is 0 Å². The highest BCUT2D eigenvalue weighted by Crippen LogP contribution is 2.37. The van der Waals surface area contributed by atoms with Crippen LogP contribution in [-0.4, -0.2) is 45.1 Å². The van der Waals surface area contributed by atoms with Gasteiger partial charge in [0.2, 0.25) is 0 Å². The van der Waals surface area contributed by atoms with Gasteiger partial charge in [-0.05, 0) is 0 Å². The molecule has 0 rings (SSSR count). The van der Waals surface area contributed by atoms with Gasteiger partial charge in [-0.25, -0.2) is 0 Å². The second-order valence-corrected chi connectivity index (χ2v) is 71.8. The number of hydrogen-bond acceptors (Lipinski definition) is 0. The fourth-order valence-corrected chi connectivity index (χ4v) is 143. The van der Waals surface area contributed by atoms with Gasteiger partial charge in [0.1, 0.15) is 0 Å². The van der Waals surface area contributed by atoms with E-state index in [1.54, 1.807) is 0 Å². The van der Waals surface area contributed by atoms with Crippen molar-refractivity contribution in [1.82, 2.24) is 0 Å². The molecule has 0 bridgehead atoms. The average Bonchev–Trinajstić information content (AvgIpc) is 2.15. The van der Waals surface area contributed by atoms with Crippen molar-refractivity contribution >= 4 is 45.1 Å². The van der Waals surface area contributed by atoms with Gasteiger partial charge in [0.15, 0.2) is 0 Å². The fourth-order valence-electron chi connectivity index (χ4n) is 3.05. The van der Waals surface area contributed by atoms with Gasteiger partial charge in [-0.15, -0.1) is 0 Å². The first kappa shape index (κ1) is 19.3. The molecule has 0 heterocycles. The van der Waals surface area contributed by atoms with Crippen LogP contribution in [-0.2, 0) is 0 Å². The molecule has 0 saturated carbocycles. The Morgan fingerprint density at radius 2 is 0.611 bits per heavy atom. The first-order chi connectivity index (χ1) is 7.64. The lowest BCUT2D eigenvalue weighted by Crippen LogP contribution is -2.84. The van der Waals surface area contributed by atoms with Crippen LogP contribution in [0, 0.1) is 0 Å². The highest BCUT2D eigenvalue weighted by atomic mass is 30.0. The lowest BCUT2D eigenvalue weighted by atomic mass is 11.9. The Morgan fingerprint density at radius 1 is 0.444 bits per heavy atom. The van der Waals surface area contributed by atoms with Crippen LogP contribution in [0.3, 0.4) is 0 Å². The molecule has 0 N–H and O–H groups in total. The minimum Gasteiger partial charge on any atom is -0.0743 e. The molecule has 0 aromatic rings. The first-order valence-corrected chi connectivity index (χ1v) is 30.9. The maximum absolute atomic E-state index is 2.82. The molecule has 0 atom stereocenters. The molecule has 0 aromatic heterocycles. The van der Waals surface area contributed by atoms with Crippen molar-refractivity contribution < 1.29 is 0 Å². The zero-order valence-electron chi connectivity index (χ0n) is 15.2. The summed E-state index contributed by atoms with van der Waals surface area (Å²) < 4.78 is 0. The molecular formula is C12H38Si6. The average molecular weight is 351 g/mol. The predicted octanol–water partition coefficient (Wildman–Crippen LogP) is 4.19. The van der Waals surface area contributed by atoms with Gasteiger partial charge >= 0.3 is 0 Å². The SMILES string of the molecule is C[SiH](C)[Si](C)(C)[Si](C)(C)[Si](C)(C)[Si](C)(C)[SiH](C)C. The zero-order valence-corrected chi connectivity index (χ0v) is 21.5. The van der Waals surface area contributed by atoms with Crippen LogP contribution < -0.4 is 0 Å². The third-order valence-corrected chi connectivity index (χ3v) is 123. The van der Waals surface area contributed by atoms with Crippen LogP contribution in [0.25, 0.3) is 0 Å². The molecular weight excluding hydrogens is 313 g/mol. The van der Waals surface area contributed by atoms with Gasteiger partial charge in [-0.2, -0.15) is 0 Å². The Kier molecular flexibility index (Phi) is 6.00. The monoisotopic (exact) mass is 350 g/mol. The molecule has 0 radical (unpaired) electrons. The molecule has 0 unspecified atom stereocenters. The second-order valence-electron chi connectivity index (χ2n) is 9.00. The molecule has 0 aromatic carbocycles. The molecule has 0 aliphatic heterocycles. The lowest BCUT2D eigenvalue weighted by Gasteiger charge is -2.57. The summed E-state index contributed by atoms with van der Waals surface area (Å²) in [5.41, 5.74) is 0. The zero-order chi connectivity index (χ0) is 15.2. The maximum Gasteiger partial charge on any atom is 0.0306 e. The van der Waals surface area contributed by atoms with E-state index in [0.29, 0.717) is 0 Å². The summed E-state index contributed by atoms with van der Waals surface area (Å²) in [6.07, 6.45) is 0. The quantitative estimate of drug-likeness (QED) is 0.652. The van der Waals surface area contributed by atoms with Gasteiger partial charge in [0.25, 0.3) is 0 Å². The van der Waals surface area contributed by atoms with Crippen molar-refractivity contribution in [3.8, 4) is 0 Å². The van der Waals surface area contributed by atoms with Crippen LogP contribution in [0.15, 0.2) is 0 Å². The standard InChI is InChI=1S/C12H38Si6/c1-13(2)15(5,6)17(9,10)18(11,12)16(7,8)14(3)4/h13-14H,1-12H3. The highest BCUT2D eigenvalue weighted by molar-refractivity contribution is 7.94. The molecule has 110 valence electrons. The van der Waals surface area contributed by atoms with Crippen LogP contribution in [0.1, 0.15) is 0 Å². The van der Waals surface area contributed by atoms with Gasteiger partial charge in [-0.3, -0.25) is 0 Å². The van der Waals surface area contributed by atoms with Crippen LogP contribution >= 0.6 is 0 Å². The van der Waals surface area contributed by atoms with Crippen molar-refractivity contribution in [3.05, 3.63) is 0 Å². The summed E-state index contributed by atoms with van der Waals surface area (Å²) >= 11 is 0. The summed E-state index contributed by atoms with van der Waals surface area (Å²) in [5, 5.41) is 0. The molecule has 0 spiro atoms. The Bertz CT molecular complexity index is 261. The molecule has 6 heteroatoms. The number of hydrogen-bond donors (Lipinski definition) is 0. The van der Waals surface area contributed by atoms with Crippen molar-refractivity contribution in [1.29, 1.82) is 0 Å². The molecule has 18 heavy (non-hydrogen) atoms. The van der Waals surface area contributed by atoms with E-state index in [1.807, 2.05) is 0 Å². The van der Waals surface area contributed by atoms with Crippen molar-refractivity contribution in [3.63, 3.8) is 0 Å². The van der Waals surface area contributed by atoms with E-state index in [1.165, 1.54) is 0 Å². The molecule has 0 saturated heterocycles. The van der Waals surface area contributed by atoms with Crippen LogP contribution in [0.4, 0.5) is 0 Å². The topological polar surface area (TPSA) is 0 Å². The Labute approximate surface area is 123 Å². The summed E-state index contributed by atoms with van der Waals surface area (Å²) in [6.45, 7) is 33.0. The third-order valence-electron chi connectivity index (χ3n) is 7.67. The third kappa shape index (κ3) is 2.83. The second kappa shape index (κ2) is 5.59. The van der Waals surface area contributed by atoms with Crippen molar-refractivity contribution in [2.75, 3.05) is 0 Å². The maximum atomic E-state index is 2.82. The molecule has 0 nitrogen and oxygen atoms in total. The Balaban J connectivity index is 5.74. The van der Waals surface area contributed by atoms with Crippen molar-refractivity contribution in [2.24, 2.45) is 0 Å². The van der Waals surface area contributed by atoms with Crippen molar-refractivity contribution in [2.45, 2.75) is 78.6 Å². The van der Waals surface area contributed by atoms with E-state index in [2.05, 4.69) is 78.6 Å². The highest BCUT2D eigenvalue weighted by Gasteiger charge is 2.59. The summed E-state index contributed by atoms with van der Waals surface area (Å²) in [4.78, 5) is 0. The predicted molar refractivity (Wildman–Crippen MR) is 108 cm³/mol. The van der Waals surface area contributed by atoms with E-state index in [9.17, 15) is 0 Å². The van der Waals surface area contributed by atoms with E-state index < -0.39 is 45.1 Å². The minimum absolute atomic E-state index is 0.435. The molecule has 0 aliphatic rings. The van der Waals surface area contributed by atoms with Crippen LogP contribution in [0.5, 0.6) is 0 Å². The minimum atomic E-state index is -0.984. The first-order valence-electron chi connectivity index (χ1n) is 7.64. The van der Waals surface area contributed by atoms with E-state index in [4.69, 9.17) is 0 Å². The van der Waals surface area contributed by atoms with Gasteiger partial charge in [0, 0.05) is 45.1 Å². The lowest BCUT2D eigenvalue weighted by molar-refractivity contribution is 1.78. The van der Waals surface area contributed by atoms with E-state index in [-0.39, 0.29) is 0 Å². The molecule has 0 amide bonds. The van der Waals surface area contributed by atoms with Gasteiger partial charge < -0.3 is 0 Å². The molecule has 0 fully saturated rings. The molecule has 0 aliphatic carbocycles. The Hall–Kier alpha value is 1.30.